The maximum atomic E-state index is 14.3. The van der Waals surface area contributed by atoms with Crippen molar-refractivity contribution < 1.29 is 28.0 Å². The molecule has 0 N–H and O–H groups in total. The molecule has 10 heteroatoms. The molecule has 4 aliphatic heterocycles. The Bertz CT molecular complexity index is 1600. The molecule has 4 aliphatic rings. The predicted octanol–water partition coefficient (Wildman–Crippen LogP) is 3.93. The topological polar surface area (TPSA) is 108 Å². The van der Waals surface area contributed by atoms with Gasteiger partial charge in [0.2, 0.25) is 11.8 Å². The van der Waals surface area contributed by atoms with E-state index in [4.69, 9.17) is 8.83 Å². The lowest BCUT2D eigenvalue weighted by molar-refractivity contribution is -0.136. The second-order valence-electron chi connectivity index (χ2n) is 11.3. The fourth-order valence-corrected chi connectivity index (χ4v) is 7.21. The van der Waals surface area contributed by atoms with E-state index in [1.807, 2.05) is 38.1 Å². The second kappa shape index (κ2) is 8.85. The third kappa shape index (κ3) is 3.21. The van der Waals surface area contributed by atoms with Gasteiger partial charge in [-0.2, -0.15) is 0 Å². The molecule has 6 atom stereocenters. The number of hydrogen-bond acceptors (Lipinski definition) is 8. The molecular weight excluding hydrogens is 536 g/mol. The lowest BCUT2D eigenvalue weighted by atomic mass is 9.87. The number of hydrazine groups is 1. The van der Waals surface area contributed by atoms with E-state index in [9.17, 15) is 19.2 Å². The molecule has 210 valence electrons. The van der Waals surface area contributed by atoms with Crippen LogP contribution in [0.4, 0.5) is 11.4 Å². The summed E-state index contributed by atoms with van der Waals surface area (Å²) >= 11 is 0. The molecule has 4 amide bonds. The average molecular weight is 563 g/mol. The molecule has 2 aromatic carbocycles. The van der Waals surface area contributed by atoms with Crippen LogP contribution in [-0.4, -0.2) is 45.7 Å². The minimum atomic E-state index is -0.969. The molecule has 0 spiro atoms. The zero-order valence-corrected chi connectivity index (χ0v) is 22.8. The van der Waals surface area contributed by atoms with Crippen molar-refractivity contribution in [2.24, 2.45) is 11.8 Å². The maximum absolute atomic E-state index is 14.3. The number of carbonyl (C=O) groups is 4. The summed E-state index contributed by atoms with van der Waals surface area (Å²) in [5, 5.41) is 3.51. The first-order valence-corrected chi connectivity index (χ1v) is 13.9. The molecule has 0 radical (unpaired) electrons. The zero-order chi connectivity index (χ0) is 28.9. The van der Waals surface area contributed by atoms with E-state index >= 15 is 0 Å². The smallest absolute Gasteiger partial charge is 0.253 e. The van der Waals surface area contributed by atoms with Gasteiger partial charge in [-0.25, -0.2) is 19.8 Å². The summed E-state index contributed by atoms with van der Waals surface area (Å²) in [6.45, 7) is 3.86. The Morgan fingerprint density at radius 2 is 0.881 bits per heavy atom. The van der Waals surface area contributed by atoms with Gasteiger partial charge >= 0.3 is 0 Å². The lowest BCUT2D eigenvalue weighted by Crippen LogP contribution is -2.50. The minimum Gasteiger partial charge on any atom is -0.468 e. The molecule has 2 aromatic heterocycles. The van der Waals surface area contributed by atoms with Gasteiger partial charge in [0.25, 0.3) is 11.8 Å². The summed E-state index contributed by atoms with van der Waals surface area (Å²) < 4.78 is 11.7. The molecule has 8 rings (SSSR count). The number of anilines is 2. The number of imide groups is 2. The van der Waals surface area contributed by atoms with Gasteiger partial charge in [-0.05, 0) is 62.4 Å². The quantitative estimate of drug-likeness (QED) is 0.345. The summed E-state index contributed by atoms with van der Waals surface area (Å²) in [5.74, 6) is -2.48. The van der Waals surface area contributed by atoms with Crippen LogP contribution in [0.25, 0.3) is 0 Å². The molecule has 10 nitrogen and oxygen atoms in total. The average Bonchev–Trinajstić information content (AvgIpc) is 3.81. The molecule has 4 aromatic rings. The van der Waals surface area contributed by atoms with E-state index in [-0.39, 0.29) is 11.8 Å². The third-order valence-corrected chi connectivity index (χ3v) is 8.98. The molecule has 4 fully saturated rings. The van der Waals surface area contributed by atoms with Crippen molar-refractivity contribution in [1.29, 1.82) is 0 Å². The fraction of sp³-hybridized carbons (Fsp3) is 0.250. The Labute approximate surface area is 240 Å². The van der Waals surface area contributed by atoms with Crippen LogP contribution < -0.4 is 9.80 Å². The normalized spacial score (nSPS) is 29.1. The number of furan rings is 2. The van der Waals surface area contributed by atoms with Crippen LogP contribution in [0.3, 0.4) is 0 Å². The minimum absolute atomic E-state index is 0.383. The Kier molecular flexibility index (Phi) is 5.26. The number of rotatable bonds is 4. The van der Waals surface area contributed by atoms with Crippen LogP contribution in [0.1, 0.15) is 34.7 Å². The van der Waals surface area contributed by atoms with Crippen LogP contribution in [0, 0.1) is 25.7 Å². The molecule has 0 bridgehead atoms. The standard InChI is InChI=1S/C32H26N4O6/c1-17-7-11-19(12-8-17)33-29(37)23-25(21-5-3-15-41-21)36-28-24(26(22-6-4-16-42-22)35(36)27(23)31(33)39)30(38)34(32(28)40)20-13-9-18(2)10-14-20/h3-16,23-28H,1-2H3/t23-,24-,25-,26+,27+,28-/m1/s1. The van der Waals surface area contributed by atoms with Crippen LogP contribution in [0.5, 0.6) is 0 Å². The van der Waals surface area contributed by atoms with Crippen molar-refractivity contribution in [2.45, 2.75) is 38.0 Å². The second-order valence-corrected chi connectivity index (χ2v) is 11.3. The molecule has 0 unspecified atom stereocenters. The first-order chi connectivity index (χ1) is 20.4. The monoisotopic (exact) mass is 562 g/mol. The van der Waals surface area contributed by atoms with E-state index in [1.54, 1.807) is 58.5 Å². The summed E-state index contributed by atoms with van der Waals surface area (Å²) in [4.78, 5) is 59.3. The summed E-state index contributed by atoms with van der Waals surface area (Å²) in [5.41, 5.74) is 2.94. The van der Waals surface area contributed by atoms with Crippen LogP contribution >= 0.6 is 0 Å². The van der Waals surface area contributed by atoms with Gasteiger partial charge in [-0.15, -0.1) is 0 Å². The van der Waals surface area contributed by atoms with Gasteiger partial charge in [0.1, 0.15) is 23.6 Å². The van der Waals surface area contributed by atoms with Crippen molar-refractivity contribution in [1.82, 2.24) is 10.0 Å². The highest BCUT2D eigenvalue weighted by atomic mass is 16.3. The largest absolute Gasteiger partial charge is 0.468 e. The number of hydrogen-bond donors (Lipinski definition) is 0. The number of fused-ring (bicyclic) bond motifs is 5. The molecular formula is C32H26N4O6. The van der Waals surface area contributed by atoms with Crippen molar-refractivity contribution >= 4 is 35.0 Å². The highest BCUT2D eigenvalue weighted by Gasteiger charge is 2.74. The molecule has 6 heterocycles. The highest BCUT2D eigenvalue weighted by Crippen LogP contribution is 2.59. The first-order valence-electron chi connectivity index (χ1n) is 13.9. The van der Waals surface area contributed by atoms with Crippen molar-refractivity contribution in [3.05, 3.63) is 108 Å². The molecule has 42 heavy (non-hydrogen) atoms. The SMILES string of the molecule is Cc1ccc(N2C(=O)[C@H]3[C@@H](C2=O)N2[C@@H](c4ccco4)[C@H]4C(=O)N(c5ccc(C)cc5)C(=O)[C@@H]4N2[C@@H]3c2ccco2)cc1. The van der Waals surface area contributed by atoms with Crippen LogP contribution in [0.15, 0.2) is 94.2 Å². The molecule has 0 aliphatic carbocycles. The Balaban J connectivity index is 1.30. The van der Waals surface area contributed by atoms with Gasteiger partial charge in [0.15, 0.2) is 0 Å². The number of carbonyl (C=O) groups excluding carboxylic acids is 4. The van der Waals surface area contributed by atoms with E-state index in [0.717, 1.165) is 11.1 Å². The Morgan fingerprint density at radius 1 is 0.500 bits per heavy atom. The number of amides is 4. The summed E-state index contributed by atoms with van der Waals surface area (Å²) in [6.07, 6.45) is 3.01. The maximum Gasteiger partial charge on any atom is 0.253 e. The number of aryl methyl sites for hydroxylation is 2. The fourth-order valence-electron chi connectivity index (χ4n) is 7.21. The van der Waals surface area contributed by atoms with Gasteiger partial charge in [0, 0.05) is 0 Å². The van der Waals surface area contributed by atoms with Gasteiger partial charge in [-0.3, -0.25) is 19.2 Å². The van der Waals surface area contributed by atoms with E-state index in [1.165, 1.54) is 22.3 Å². The predicted molar refractivity (Wildman–Crippen MR) is 148 cm³/mol. The van der Waals surface area contributed by atoms with E-state index < -0.39 is 47.8 Å². The summed E-state index contributed by atoms with van der Waals surface area (Å²) in [6, 6.07) is 17.8. The zero-order valence-electron chi connectivity index (χ0n) is 22.8. The van der Waals surface area contributed by atoms with Crippen molar-refractivity contribution in [3.63, 3.8) is 0 Å². The van der Waals surface area contributed by atoms with Crippen molar-refractivity contribution in [3.8, 4) is 0 Å². The van der Waals surface area contributed by atoms with Gasteiger partial charge < -0.3 is 8.83 Å². The summed E-state index contributed by atoms with van der Waals surface area (Å²) in [7, 11) is 0. The van der Waals surface area contributed by atoms with Crippen LogP contribution in [-0.2, 0) is 19.2 Å². The van der Waals surface area contributed by atoms with Crippen molar-refractivity contribution in [2.75, 3.05) is 9.80 Å². The number of nitrogens with zero attached hydrogens (tertiary/aromatic N) is 4. The van der Waals surface area contributed by atoms with Gasteiger partial charge in [0.05, 0.1) is 47.8 Å². The molecule has 0 saturated carbocycles. The van der Waals surface area contributed by atoms with Crippen LogP contribution in [0.2, 0.25) is 0 Å². The lowest BCUT2D eigenvalue weighted by Gasteiger charge is -2.34. The van der Waals surface area contributed by atoms with E-state index in [2.05, 4.69) is 0 Å². The van der Waals surface area contributed by atoms with Gasteiger partial charge in [-0.1, -0.05) is 35.4 Å². The Hall–Kier alpha value is -4.80. The molecule has 4 saturated heterocycles. The first kappa shape index (κ1) is 25.0. The Morgan fingerprint density at radius 3 is 1.21 bits per heavy atom. The highest BCUT2D eigenvalue weighted by molar-refractivity contribution is 6.26. The number of benzene rings is 2. The third-order valence-electron chi connectivity index (χ3n) is 8.98. The van der Waals surface area contributed by atoms with E-state index in [0.29, 0.717) is 22.9 Å².